The Balaban J connectivity index is 3.14. The highest BCUT2D eigenvalue weighted by molar-refractivity contribution is 7.89. The number of aliphatic carboxylic acids is 1. The van der Waals surface area contributed by atoms with E-state index in [0.717, 1.165) is 18.2 Å². The molecule has 0 heterocycles. The molecule has 0 spiro atoms. The molecule has 0 radical (unpaired) electrons. The fraction of sp³-hybridized carbons (Fsp3) is 0.111. The Bertz CT molecular complexity index is 597. The summed E-state index contributed by atoms with van der Waals surface area (Å²) < 4.78 is 25.0. The molecule has 0 aliphatic rings. The first-order chi connectivity index (χ1) is 8.24. The normalized spacial score (nSPS) is 11.2. The van der Waals surface area contributed by atoms with Crippen LogP contribution in [0.2, 0.25) is 5.02 Å². The molecule has 0 fully saturated rings. The zero-order valence-corrected chi connectivity index (χ0v) is 10.3. The molecule has 0 atom stereocenters. The van der Waals surface area contributed by atoms with E-state index in [4.69, 9.17) is 21.8 Å². The summed E-state index contributed by atoms with van der Waals surface area (Å²) in [6.07, 6.45) is 0. The Morgan fingerprint density at radius 3 is 2.39 bits per heavy atom. The number of nitrogens with one attached hydrogen (secondary N) is 1. The first-order valence-electron chi connectivity index (χ1n) is 4.48. The van der Waals surface area contributed by atoms with E-state index in [2.05, 4.69) is 0 Å². The van der Waals surface area contributed by atoms with E-state index in [0.29, 0.717) is 0 Å². The van der Waals surface area contributed by atoms with Gasteiger partial charge in [-0.1, -0.05) is 11.6 Å². The van der Waals surface area contributed by atoms with Crippen LogP contribution in [0.3, 0.4) is 0 Å². The quantitative estimate of drug-likeness (QED) is 0.722. The Hall–Kier alpha value is -1.64. The number of halogens is 1. The third-order valence-electron chi connectivity index (χ3n) is 1.89. The minimum absolute atomic E-state index is 0.111. The summed E-state index contributed by atoms with van der Waals surface area (Å²) in [6, 6.07) is 3.05. The molecule has 98 valence electrons. The zero-order chi connectivity index (χ0) is 13.9. The van der Waals surface area contributed by atoms with E-state index in [9.17, 15) is 18.0 Å². The van der Waals surface area contributed by atoms with Crippen molar-refractivity contribution in [3.63, 3.8) is 0 Å². The molecule has 1 aromatic rings. The molecule has 0 unspecified atom stereocenters. The average molecular weight is 294 g/mol. The van der Waals surface area contributed by atoms with Gasteiger partial charge in [-0.3, -0.25) is 4.79 Å². The van der Waals surface area contributed by atoms with E-state index in [1.165, 1.54) is 0 Å². The van der Waals surface area contributed by atoms with E-state index in [-0.39, 0.29) is 15.5 Å². The number of carbonyl (C=O) groups is 2. The highest BCUT2D eigenvalue weighted by atomic mass is 35.5. The van der Waals surface area contributed by atoms with Crippen LogP contribution in [0.15, 0.2) is 23.1 Å². The fourth-order valence-corrected chi connectivity index (χ4v) is 2.27. The minimum Gasteiger partial charge on any atom is -0.480 e. The largest absolute Gasteiger partial charge is 0.480 e. The topological polar surface area (TPSA) is 121 Å². The Morgan fingerprint density at radius 1 is 1.28 bits per heavy atom. The van der Waals surface area contributed by atoms with Crippen molar-refractivity contribution in [2.45, 2.75) is 4.90 Å². The van der Waals surface area contributed by atoms with Crippen LogP contribution in [0.4, 0.5) is 0 Å². The maximum atomic E-state index is 11.6. The highest BCUT2D eigenvalue weighted by Crippen LogP contribution is 2.20. The molecule has 9 heteroatoms. The Labute approximate surface area is 107 Å². The molecule has 0 saturated carbocycles. The maximum Gasteiger partial charge on any atom is 0.337 e. The van der Waals surface area contributed by atoms with Crippen LogP contribution in [0.5, 0.6) is 0 Å². The van der Waals surface area contributed by atoms with Crippen molar-refractivity contribution in [1.82, 2.24) is 4.72 Å². The monoisotopic (exact) mass is 293 g/mol. The van der Waals surface area contributed by atoms with Crippen molar-refractivity contribution in [1.29, 1.82) is 0 Å². The zero-order valence-electron chi connectivity index (χ0n) is 8.75. The molecule has 1 rings (SSSR count). The molecule has 0 amide bonds. The summed E-state index contributed by atoms with van der Waals surface area (Å²) >= 11 is 5.58. The van der Waals surface area contributed by atoms with Gasteiger partial charge in [0.1, 0.15) is 6.54 Å². The molecule has 3 N–H and O–H groups in total. The van der Waals surface area contributed by atoms with Gasteiger partial charge in [0.15, 0.2) is 0 Å². The lowest BCUT2D eigenvalue weighted by Gasteiger charge is -2.06. The van der Waals surface area contributed by atoms with Crippen molar-refractivity contribution in [3.8, 4) is 0 Å². The second-order valence-electron chi connectivity index (χ2n) is 3.17. The lowest BCUT2D eigenvalue weighted by molar-refractivity contribution is -0.135. The summed E-state index contributed by atoms with van der Waals surface area (Å²) in [4.78, 5) is 20.7. The van der Waals surface area contributed by atoms with E-state index < -0.39 is 28.5 Å². The first kappa shape index (κ1) is 14.4. The second kappa shape index (κ2) is 5.34. The standard InChI is InChI=1S/C9H8ClNO6S/c10-7-2-1-5(3-6(7)9(14)15)18(16,17)11-4-8(12)13/h1-3,11H,4H2,(H,12,13)(H,14,15). The van der Waals surface area contributed by atoms with Crippen molar-refractivity contribution in [2.24, 2.45) is 0 Å². The number of hydrogen-bond donors (Lipinski definition) is 3. The van der Waals surface area contributed by atoms with Crippen LogP contribution in [0.25, 0.3) is 0 Å². The van der Waals surface area contributed by atoms with Crippen molar-refractivity contribution in [2.75, 3.05) is 6.54 Å². The lowest BCUT2D eigenvalue weighted by Crippen LogP contribution is -2.29. The Morgan fingerprint density at radius 2 is 1.89 bits per heavy atom. The third kappa shape index (κ3) is 3.42. The molecule has 0 aliphatic carbocycles. The van der Waals surface area contributed by atoms with Gasteiger partial charge >= 0.3 is 11.9 Å². The smallest absolute Gasteiger partial charge is 0.337 e. The van der Waals surface area contributed by atoms with Crippen LogP contribution in [-0.2, 0) is 14.8 Å². The van der Waals surface area contributed by atoms with Gasteiger partial charge in [0.2, 0.25) is 10.0 Å². The summed E-state index contributed by atoms with van der Waals surface area (Å²) in [5.74, 6) is -2.73. The lowest BCUT2D eigenvalue weighted by atomic mass is 10.2. The van der Waals surface area contributed by atoms with Crippen LogP contribution in [0, 0.1) is 0 Å². The van der Waals surface area contributed by atoms with Gasteiger partial charge in [0.05, 0.1) is 15.5 Å². The molecule has 1 aromatic carbocycles. The number of hydrogen-bond acceptors (Lipinski definition) is 4. The van der Waals surface area contributed by atoms with Gasteiger partial charge in [-0.15, -0.1) is 0 Å². The number of benzene rings is 1. The molecular formula is C9H8ClNO6S. The summed E-state index contributed by atoms with van der Waals surface area (Å²) in [7, 11) is -4.08. The molecule has 0 bridgehead atoms. The number of carboxylic acid groups (broad SMARTS) is 2. The fourth-order valence-electron chi connectivity index (χ4n) is 1.08. The first-order valence-corrected chi connectivity index (χ1v) is 6.34. The predicted octanol–water partition coefficient (Wildman–Crippen LogP) is 0.401. The molecule has 0 aromatic heterocycles. The summed E-state index contributed by atoms with van der Waals surface area (Å²) in [6.45, 7) is -0.798. The Kier molecular flexibility index (Phi) is 4.28. The van der Waals surface area contributed by atoms with Gasteiger partial charge in [-0.2, -0.15) is 4.72 Å². The van der Waals surface area contributed by atoms with Crippen molar-refractivity contribution in [3.05, 3.63) is 28.8 Å². The number of sulfonamides is 1. The summed E-state index contributed by atoms with van der Waals surface area (Å²) in [5.41, 5.74) is -0.380. The van der Waals surface area contributed by atoms with Crippen molar-refractivity contribution >= 4 is 33.6 Å². The van der Waals surface area contributed by atoms with Gasteiger partial charge in [-0.25, -0.2) is 13.2 Å². The molecule has 0 saturated heterocycles. The number of rotatable bonds is 5. The molecule has 18 heavy (non-hydrogen) atoms. The highest BCUT2D eigenvalue weighted by Gasteiger charge is 2.18. The average Bonchev–Trinajstić information content (AvgIpc) is 2.26. The third-order valence-corrected chi connectivity index (χ3v) is 3.62. The van der Waals surface area contributed by atoms with E-state index in [1.807, 2.05) is 0 Å². The van der Waals surface area contributed by atoms with Crippen LogP contribution in [0.1, 0.15) is 10.4 Å². The SMILES string of the molecule is O=C(O)CNS(=O)(=O)c1ccc(Cl)c(C(=O)O)c1. The van der Waals surface area contributed by atoms with Gasteiger partial charge < -0.3 is 10.2 Å². The second-order valence-corrected chi connectivity index (χ2v) is 5.34. The van der Waals surface area contributed by atoms with E-state index in [1.54, 1.807) is 4.72 Å². The minimum atomic E-state index is -4.08. The van der Waals surface area contributed by atoms with Gasteiger partial charge in [-0.05, 0) is 18.2 Å². The molecular weight excluding hydrogens is 286 g/mol. The summed E-state index contributed by atoms with van der Waals surface area (Å²) in [5, 5.41) is 17.0. The van der Waals surface area contributed by atoms with Gasteiger partial charge in [0.25, 0.3) is 0 Å². The van der Waals surface area contributed by atoms with Crippen LogP contribution in [-0.4, -0.2) is 37.1 Å². The van der Waals surface area contributed by atoms with E-state index >= 15 is 0 Å². The number of aromatic carboxylic acids is 1. The van der Waals surface area contributed by atoms with Crippen LogP contribution >= 0.6 is 11.6 Å². The van der Waals surface area contributed by atoms with Gasteiger partial charge in [0, 0.05) is 0 Å². The predicted molar refractivity (Wildman–Crippen MR) is 61.2 cm³/mol. The molecule has 0 aliphatic heterocycles. The number of carboxylic acids is 2. The van der Waals surface area contributed by atoms with Crippen LogP contribution < -0.4 is 4.72 Å². The molecule has 7 nitrogen and oxygen atoms in total. The maximum absolute atomic E-state index is 11.6. The van der Waals surface area contributed by atoms with Crippen molar-refractivity contribution < 1.29 is 28.2 Å².